The van der Waals surface area contributed by atoms with Crippen molar-refractivity contribution in [2.45, 2.75) is 70.7 Å². The molecule has 0 atom stereocenters. The first-order chi connectivity index (χ1) is 8.95. The van der Waals surface area contributed by atoms with Gasteiger partial charge >= 0.3 is 0 Å². The summed E-state index contributed by atoms with van der Waals surface area (Å²) in [6, 6.07) is 0. The maximum atomic E-state index is 11.7. The lowest BCUT2D eigenvalue weighted by atomic mass is 10.2. The fourth-order valence-corrected chi connectivity index (χ4v) is 3.80. The van der Waals surface area contributed by atoms with Gasteiger partial charge in [0.15, 0.2) is 0 Å². The molecule has 1 aromatic heterocycles. The number of halogens is 1. The third-order valence-corrected chi connectivity index (χ3v) is 4.64. The lowest BCUT2D eigenvalue weighted by Gasteiger charge is -2.06. The van der Waals surface area contributed by atoms with Crippen LogP contribution in [0, 0.1) is 0 Å². The molecule has 0 saturated carbocycles. The van der Waals surface area contributed by atoms with Gasteiger partial charge in [-0.15, -0.1) is 0 Å². The van der Waals surface area contributed by atoms with E-state index in [0.717, 1.165) is 25.1 Å². The molecule has 0 aliphatic rings. The van der Waals surface area contributed by atoms with Crippen LogP contribution in [-0.2, 0) is 28.4 Å². The van der Waals surface area contributed by atoms with Crippen LogP contribution in [-0.4, -0.2) is 18.2 Å². The molecule has 0 amide bonds. The van der Waals surface area contributed by atoms with E-state index in [-0.39, 0.29) is 4.90 Å². The van der Waals surface area contributed by atoms with Gasteiger partial charge in [-0.3, -0.25) is 4.68 Å². The SMILES string of the molecule is CCCCCCn1nc(CC)c(S(=O)(=O)Cl)c1CC. The number of hydrogen-bond donors (Lipinski definition) is 0. The highest BCUT2D eigenvalue weighted by molar-refractivity contribution is 8.13. The highest BCUT2D eigenvalue weighted by Gasteiger charge is 2.25. The first kappa shape index (κ1) is 16.5. The van der Waals surface area contributed by atoms with Crippen LogP contribution in [0.2, 0.25) is 0 Å². The molecule has 1 heterocycles. The van der Waals surface area contributed by atoms with Gasteiger partial charge < -0.3 is 0 Å². The zero-order chi connectivity index (χ0) is 14.5. The van der Waals surface area contributed by atoms with Gasteiger partial charge in [0.1, 0.15) is 4.90 Å². The highest BCUT2D eigenvalue weighted by Crippen LogP contribution is 2.25. The molecule has 0 aromatic carbocycles. The van der Waals surface area contributed by atoms with E-state index in [9.17, 15) is 8.42 Å². The Balaban J connectivity index is 3.03. The van der Waals surface area contributed by atoms with E-state index in [2.05, 4.69) is 12.0 Å². The Morgan fingerprint density at radius 3 is 2.26 bits per heavy atom. The normalized spacial score (nSPS) is 12.0. The Morgan fingerprint density at radius 2 is 1.79 bits per heavy atom. The molecule has 4 nitrogen and oxygen atoms in total. The van der Waals surface area contributed by atoms with E-state index in [1.54, 1.807) is 0 Å². The van der Waals surface area contributed by atoms with Crippen molar-refractivity contribution in [3.8, 4) is 0 Å². The van der Waals surface area contributed by atoms with Gasteiger partial charge in [0.25, 0.3) is 9.05 Å². The molecule has 1 aromatic rings. The minimum atomic E-state index is -3.71. The fourth-order valence-electron chi connectivity index (χ4n) is 2.26. The van der Waals surface area contributed by atoms with Crippen molar-refractivity contribution < 1.29 is 8.42 Å². The third kappa shape index (κ3) is 4.21. The van der Waals surface area contributed by atoms with Gasteiger partial charge in [-0.2, -0.15) is 5.10 Å². The summed E-state index contributed by atoms with van der Waals surface area (Å²) in [5.74, 6) is 0. The molecule has 0 fully saturated rings. The predicted octanol–water partition coefficient (Wildman–Crippen LogP) is 3.52. The average molecular weight is 307 g/mol. The van der Waals surface area contributed by atoms with Crippen molar-refractivity contribution >= 4 is 19.7 Å². The predicted molar refractivity (Wildman–Crippen MR) is 78.2 cm³/mol. The van der Waals surface area contributed by atoms with Crippen LogP contribution >= 0.6 is 10.7 Å². The number of aromatic nitrogens is 2. The lowest BCUT2D eigenvalue weighted by molar-refractivity contribution is 0.521. The maximum absolute atomic E-state index is 11.7. The van der Waals surface area contributed by atoms with Gasteiger partial charge in [0.05, 0.1) is 11.4 Å². The summed E-state index contributed by atoms with van der Waals surface area (Å²) in [4.78, 5) is 0.231. The first-order valence-corrected chi connectivity index (χ1v) is 9.29. The molecule has 110 valence electrons. The van der Waals surface area contributed by atoms with Crippen LogP contribution in [0.25, 0.3) is 0 Å². The van der Waals surface area contributed by atoms with Crippen LogP contribution in [0.3, 0.4) is 0 Å². The van der Waals surface area contributed by atoms with Crippen molar-refractivity contribution in [3.63, 3.8) is 0 Å². The Bertz CT molecular complexity index is 509. The molecule has 0 N–H and O–H groups in total. The molecule has 1 rings (SSSR count). The second kappa shape index (κ2) is 7.29. The summed E-state index contributed by atoms with van der Waals surface area (Å²) in [7, 11) is 1.83. The van der Waals surface area contributed by atoms with Crippen LogP contribution in [0.1, 0.15) is 57.8 Å². The summed E-state index contributed by atoms with van der Waals surface area (Å²) >= 11 is 0. The van der Waals surface area contributed by atoms with Crippen LogP contribution in [0.4, 0.5) is 0 Å². The Hall–Kier alpha value is -0.550. The van der Waals surface area contributed by atoms with Gasteiger partial charge in [0.2, 0.25) is 0 Å². The third-order valence-electron chi connectivity index (χ3n) is 3.21. The highest BCUT2D eigenvalue weighted by atomic mass is 35.7. The second-order valence-corrected chi connectivity index (χ2v) is 7.15. The van der Waals surface area contributed by atoms with Gasteiger partial charge in [0, 0.05) is 17.2 Å². The molecule has 0 unspecified atom stereocenters. The number of hydrogen-bond acceptors (Lipinski definition) is 3. The summed E-state index contributed by atoms with van der Waals surface area (Å²) in [5.41, 5.74) is 1.32. The fraction of sp³-hybridized carbons (Fsp3) is 0.769. The maximum Gasteiger partial charge on any atom is 0.264 e. The quantitative estimate of drug-likeness (QED) is 0.545. The summed E-state index contributed by atoms with van der Waals surface area (Å²) in [5, 5.41) is 4.42. The smallest absolute Gasteiger partial charge is 0.264 e. The molecular formula is C13H23ClN2O2S. The van der Waals surface area contributed by atoms with E-state index in [4.69, 9.17) is 10.7 Å². The minimum absolute atomic E-state index is 0.231. The number of nitrogens with zero attached hydrogens (tertiary/aromatic N) is 2. The second-order valence-electron chi connectivity index (χ2n) is 4.65. The van der Waals surface area contributed by atoms with Crippen LogP contribution in [0.5, 0.6) is 0 Å². The van der Waals surface area contributed by atoms with E-state index < -0.39 is 9.05 Å². The number of unbranched alkanes of at least 4 members (excludes halogenated alkanes) is 3. The van der Waals surface area contributed by atoms with Gasteiger partial charge in [-0.25, -0.2) is 8.42 Å². The molecule has 0 aliphatic heterocycles. The summed E-state index contributed by atoms with van der Waals surface area (Å²) < 4.78 is 25.2. The van der Waals surface area contributed by atoms with Crippen molar-refractivity contribution in [2.24, 2.45) is 0 Å². The zero-order valence-electron chi connectivity index (χ0n) is 11.9. The molecule has 0 aliphatic carbocycles. The monoisotopic (exact) mass is 306 g/mol. The number of aryl methyl sites for hydroxylation is 2. The van der Waals surface area contributed by atoms with E-state index in [1.165, 1.54) is 12.8 Å². The Labute approximate surface area is 120 Å². The van der Waals surface area contributed by atoms with Crippen LogP contribution < -0.4 is 0 Å². The molecule has 0 saturated heterocycles. The Morgan fingerprint density at radius 1 is 1.11 bits per heavy atom. The van der Waals surface area contributed by atoms with Gasteiger partial charge in [-0.05, 0) is 19.3 Å². The number of rotatable bonds is 8. The van der Waals surface area contributed by atoms with Crippen LogP contribution in [0.15, 0.2) is 4.90 Å². The molecule has 19 heavy (non-hydrogen) atoms. The topological polar surface area (TPSA) is 52.0 Å². The summed E-state index contributed by atoms with van der Waals surface area (Å²) in [6.45, 7) is 6.76. The largest absolute Gasteiger partial charge is 0.268 e. The van der Waals surface area contributed by atoms with E-state index in [0.29, 0.717) is 18.5 Å². The zero-order valence-corrected chi connectivity index (χ0v) is 13.5. The molecular weight excluding hydrogens is 284 g/mol. The first-order valence-electron chi connectivity index (χ1n) is 6.98. The van der Waals surface area contributed by atoms with Crippen molar-refractivity contribution in [2.75, 3.05) is 0 Å². The van der Waals surface area contributed by atoms with Gasteiger partial charge in [-0.1, -0.05) is 40.0 Å². The van der Waals surface area contributed by atoms with Crippen molar-refractivity contribution in [1.29, 1.82) is 0 Å². The molecule has 0 spiro atoms. The van der Waals surface area contributed by atoms with Crippen molar-refractivity contribution in [3.05, 3.63) is 11.4 Å². The Kier molecular flexibility index (Phi) is 6.33. The molecule has 0 radical (unpaired) electrons. The minimum Gasteiger partial charge on any atom is -0.268 e. The van der Waals surface area contributed by atoms with Crippen molar-refractivity contribution in [1.82, 2.24) is 9.78 Å². The van der Waals surface area contributed by atoms with E-state index in [1.807, 2.05) is 18.5 Å². The average Bonchev–Trinajstić information content (AvgIpc) is 2.72. The summed E-state index contributed by atoms with van der Waals surface area (Å²) in [6.07, 6.45) is 5.75. The lowest BCUT2D eigenvalue weighted by Crippen LogP contribution is -2.06. The van der Waals surface area contributed by atoms with E-state index >= 15 is 0 Å². The molecule has 6 heteroatoms. The molecule has 0 bridgehead atoms. The standard InChI is InChI=1S/C13H23ClN2O2S/c1-4-7-8-9-10-16-12(6-3)13(19(14,17)18)11(5-2)15-16/h4-10H2,1-3H3.